The molecule has 0 spiro atoms. The van der Waals surface area contributed by atoms with Crippen LogP contribution in [0, 0.1) is 17.8 Å². The number of hydrogen-bond donors (Lipinski definition) is 1. The highest BCUT2D eigenvalue weighted by Gasteiger charge is 2.19. The lowest BCUT2D eigenvalue weighted by Gasteiger charge is -2.28. The summed E-state index contributed by atoms with van der Waals surface area (Å²) < 4.78 is 0. The number of phenols is 1. The Morgan fingerprint density at radius 3 is 1.88 bits per heavy atom. The molecule has 1 heteroatoms. The minimum Gasteiger partial charge on any atom is -0.508 e. The second kappa shape index (κ2) is 7.37. The van der Waals surface area contributed by atoms with Gasteiger partial charge in [0.05, 0.1) is 0 Å². The summed E-state index contributed by atoms with van der Waals surface area (Å²) in [6, 6.07) is 8.71. The highest BCUT2D eigenvalue weighted by molar-refractivity contribution is 5.18. The molecule has 0 unspecified atom stereocenters. The monoisotopic (exact) mass is 234 g/mol. The van der Waals surface area contributed by atoms with Gasteiger partial charge >= 0.3 is 0 Å². The van der Waals surface area contributed by atoms with E-state index in [9.17, 15) is 0 Å². The van der Waals surface area contributed by atoms with Gasteiger partial charge in [-0.1, -0.05) is 51.8 Å². The third-order valence-electron chi connectivity index (χ3n) is 3.76. The van der Waals surface area contributed by atoms with Crippen LogP contribution >= 0.6 is 0 Å². The van der Waals surface area contributed by atoms with Gasteiger partial charge in [0, 0.05) is 0 Å². The van der Waals surface area contributed by atoms with Gasteiger partial charge in [-0.05, 0) is 42.7 Å². The normalized spacial score (nSPS) is 24.0. The van der Waals surface area contributed by atoms with Crippen LogP contribution in [0.2, 0.25) is 0 Å². The van der Waals surface area contributed by atoms with Gasteiger partial charge in [0.1, 0.15) is 5.75 Å². The smallest absolute Gasteiger partial charge is 0.115 e. The molecule has 17 heavy (non-hydrogen) atoms. The van der Waals surface area contributed by atoms with E-state index in [-0.39, 0.29) is 0 Å². The van der Waals surface area contributed by atoms with Crippen LogP contribution in [0.25, 0.3) is 0 Å². The molecule has 0 amide bonds. The number of rotatable bonds is 1. The van der Waals surface area contributed by atoms with E-state index in [0.717, 1.165) is 17.8 Å². The fourth-order valence-electron chi connectivity index (χ4n) is 2.38. The molecule has 1 fully saturated rings. The van der Waals surface area contributed by atoms with Crippen LogP contribution in [0.5, 0.6) is 5.75 Å². The van der Waals surface area contributed by atoms with Crippen molar-refractivity contribution >= 4 is 0 Å². The van der Waals surface area contributed by atoms with Crippen LogP contribution in [0.15, 0.2) is 30.3 Å². The third kappa shape index (κ3) is 5.76. The van der Waals surface area contributed by atoms with Gasteiger partial charge in [-0.2, -0.15) is 0 Å². The summed E-state index contributed by atoms with van der Waals surface area (Å²) in [7, 11) is 0. The lowest BCUT2D eigenvalue weighted by atomic mass is 9.78. The standard InChI is InChI=1S/C10H20.C6H6O/c1-8(2)10-6-4-9(3)5-7-10;7-6-4-2-1-3-5-6/h8-10H,4-7H2,1-3H3;1-5,7H. The quantitative estimate of drug-likeness (QED) is 0.735. The molecule has 96 valence electrons. The predicted octanol–water partition coefficient (Wildman–Crippen LogP) is 4.86. The molecule has 1 aromatic rings. The predicted molar refractivity (Wildman–Crippen MR) is 74.1 cm³/mol. The van der Waals surface area contributed by atoms with E-state index < -0.39 is 0 Å². The molecule has 0 atom stereocenters. The summed E-state index contributed by atoms with van der Waals surface area (Å²) >= 11 is 0. The molecule has 1 aliphatic carbocycles. The molecular formula is C16H26O. The third-order valence-corrected chi connectivity index (χ3v) is 3.76. The molecule has 0 aromatic heterocycles. The summed E-state index contributed by atoms with van der Waals surface area (Å²) in [6.45, 7) is 7.11. The highest BCUT2D eigenvalue weighted by Crippen LogP contribution is 2.32. The minimum absolute atomic E-state index is 0.322. The van der Waals surface area contributed by atoms with Gasteiger partial charge in [-0.3, -0.25) is 0 Å². The van der Waals surface area contributed by atoms with Gasteiger partial charge in [0.15, 0.2) is 0 Å². The number of phenolic OH excluding ortho intramolecular Hbond substituents is 1. The van der Waals surface area contributed by atoms with Gasteiger partial charge in [-0.15, -0.1) is 0 Å². The van der Waals surface area contributed by atoms with E-state index in [1.165, 1.54) is 25.7 Å². The second-order valence-corrected chi connectivity index (χ2v) is 5.60. The fourth-order valence-corrected chi connectivity index (χ4v) is 2.38. The van der Waals surface area contributed by atoms with Crippen molar-refractivity contribution in [1.29, 1.82) is 0 Å². The van der Waals surface area contributed by atoms with Crippen LogP contribution in [-0.4, -0.2) is 5.11 Å². The Labute approximate surface area is 106 Å². The summed E-state index contributed by atoms with van der Waals surface area (Å²) in [4.78, 5) is 0. The topological polar surface area (TPSA) is 20.2 Å². The number of benzene rings is 1. The molecule has 1 N–H and O–H groups in total. The first kappa shape index (κ1) is 14.1. The van der Waals surface area contributed by atoms with E-state index in [1.807, 2.05) is 6.07 Å². The average Bonchev–Trinajstić information content (AvgIpc) is 2.31. The van der Waals surface area contributed by atoms with Crippen molar-refractivity contribution in [1.82, 2.24) is 0 Å². The van der Waals surface area contributed by atoms with Crippen molar-refractivity contribution in [2.75, 3.05) is 0 Å². The number of hydrogen-bond acceptors (Lipinski definition) is 1. The van der Waals surface area contributed by atoms with Crippen molar-refractivity contribution in [3.8, 4) is 5.75 Å². The van der Waals surface area contributed by atoms with Crippen LogP contribution < -0.4 is 0 Å². The summed E-state index contributed by atoms with van der Waals surface area (Å²) in [6.07, 6.45) is 5.92. The molecule has 0 heterocycles. The molecule has 0 bridgehead atoms. The second-order valence-electron chi connectivity index (χ2n) is 5.60. The van der Waals surface area contributed by atoms with Crippen LogP contribution in [-0.2, 0) is 0 Å². The van der Waals surface area contributed by atoms with Crippen molar-refractivity contribution in [2.24, 2.45) is 17.8 Å². The van der Waals surface area contributed by atoms with E-state index in [1.54, 1.807) is 24.3 Å². The molecular weight excluding hydrogens is 208 g/mol. The van der Waals surface area contributed by atoms with E-state index in [0.29, 0.717) is 5.75 Å². The molecule has 1 aliphatic rings. The molecule has 1 nitrogen and oxygen atoms in total. The summed E-state index contributed by atoms with van der Waals surface area (Å²) in [5, 5.41) is 8.63. The largest absolute Gasteiger partial charge is 0.508 e. The SMILES string of the molecule is CC1CCC(C(C)C)CC1.Oc1ccccc1. The lowest BCUT2D eigenvalue weighted by molar-refractivity contribution is 0.234. The van der Waals surface area contributed by atoms with E-state index >= 15 is 0 Å². The zero-order chi connectivity index (χ0) is 12.7. The van der Waals surface area contributed by atoms with Crippen molar-refractivity contribution in [2.45, 2.75) is 46.5 Å². The van der Waals surface area contributed by atoms with Crippen LogP contribution in [0.1, 0.15) is 46.5 Å². The Hall–Kier alpha value is -0.980. The first-order valence-electron chi connectivity index (χ1n) is 6.83. The maximum absolute atomic E-state index is 8.63. The number of para-hydroxylation sites is 1. The molecule has 1 saturated carbocycles. The van der Waals surface area contributed by atoms with Crippen molar-refractivity contribution < 1.29 is 5.11 Å². The molecule has 0 radical (unpaired) electrons. The van der Waals surface area contributed by atoms with Gasteiger partial charge in [0.25, 0.3) is 0 Å². The maximum atomic E-state index is 8.63. The molecule has 0 saturated heterocycles. The fraction of sp³-hybridized carbons (Fsp3) is 0.625. The first-order valence-corrected chi connectivity index (χ1v) is 6.83. The lowest BCUT2D eigenvalue weighted by Crippen LogP contribution is -2.16. The van der Waals surface area contributed by atoms with Gasteiger partial charge in [0.2, 0.25) is 0 Å². The Morgan fingerprint density at radius 2 is 1.53 bits per heavy atom. The summed E-state index contributed by atoms with van der Waals surface area (Å²) in [5.41, 5.74) is 0. The Morgan fingerprint density at radius 1 is 1.00 bits per heavy atom. The molecule has 0 aliphatic heterocycles. The van der Waals surface area contributed by atoms with E-state index in [2.05, 4.69) is 20.8 Å². The maximum Gasteiger partial charge on any atom is 0.115 e. The van der Waals surface area contributed by atoms with E-state index in [4.69, 9.17) is 5.11 Å². The van der Waals surface area contributed by atoms with Gasteiger partial charge in [-0.25, -0.2) is 0 Å². The average molecular weight is 234 g/mol. The Bertz CT molecular complexity index is 284. The van der Waals surface area contributed by atoms with Gasteiger partial charge < -0.3 is 5.11 Å². The first-order chi connectivity index (χ1) is 8.09. The van der Waals surface area contributed by atoms with Crippen molar-refractivity contribution in [3.05, 3.63) is 30.3 Å². The molecule has 1 aromatic carbocycles. The summed E-state index contributed by atoms with van der Waals surface area (Å²) in [5.74, 6) is 3.29. The Balaban J connectivity index is 0.000000181. The van der Waals surface area contributed by atoms with Crippen molar-refractivity contribution in [3.63, 3.8) is 0 Å². The van der Waals surface area contributed by atoms with Crippen LogP contribution in [0.4, 0.5) is 0 Å². The minimum atomic E-state index is 0.322. The Kier molecular flexibility index (Phi) is 6.10. The van der Waals surface area contributed by atoms with Crippen LogP contribution in [0.3, 0.4) is 0 Å². The molecule has 2 rings (SSSR count). The highest BCUT2D eigenvalue weighted by atomic mass is 16.3. The number of aromatic hydroxyl groups is 1. The zero-order valence-corrected chi connectivity index (χ0v) is 11.4. The zero-order valence-electron chi connectivity index (χ0n) is 11.4.